The number of pyridine rings is 2. The van der Waals surface area contributed by atoms with Gasteiger partial charge in [-0.2, -0.15) is 0 Å². The Hall–Kier alpha value is -3.34. The monoisotopic (exact) mass is 329 g/mol. The largest absolute Gasteiger partial charge is 0.269 e. The van der Waals surface area contributed by atoms with Gasteiger partial charge in [-0.3, -0.25) is 20.1 Å². The molecule has 0 aliphatic rings. The SMILES string of the molecule is Cc1ccc2ccc3c(-c4ccc([N+](=O)[O-])cc4)cc(C)nc3c2n1. The third-order valence-electron chi connectivity index (χ3n) is 4.30. The highest BCUT2D eigenvalue weighted by molar-refractivity contribution is 6.08. The molecular formula is C20H15N3O2. The van der Waals surface area contributed by atoms with Gasteiger partial charge in [-0.05, 0) is 49.2 Å². The van der Waals surface area contributed by atoms with E-state index in [0.29, 0.717) is 0 Å². The molecule has 4 rings (SSSR count). The van der Waals surface area contributed by atoms with Crippen molar-refractivity contribution >= 4 is 27.5 Å². The molecule has 5 heteroatoms. The van der Waals surface area contributed by atoms with Crippen molar-refractivity contribution in [3.8, 4) is 11.1 Å². The fraction of sp³-hybridized carbons (Fsp3) is 0.100. The molecule has 0 aliphatic heterocycles. The molecule has 0 unspecified atom stereocenters. The fourth-order valence-electron chi connectivity index (χ4n) is 3.10. The van der Waals surface area contributed by atoms with Crippen LogP contribution in [0, 0.1) is 24.0 Å². The second-order valence-corrected chi connectivity index (χ2v) is 6.10. The molecule has 2 aromatic carbocycles. The molecule has 2 heterocycles. The maximum absolute atomic E-state index is 10.9. The summed E-state index contributed by atoms with van der Waals surface area (Å²) in [6.07, 6.45) is 0. The second-order valence-electron chi connectivity index (χ2n) is 6.10. The first-order chi connectivity index (χ1) is 12.0. The van der Waals surface area contributed by atoms with Gasteiger partial charge < -0.3 is 0 Å². The van der Waals surface area contributed by atoms with E-state index in [1.165, 1.54) is 12.1 Å². The lowest BCUT2D eigenvalue weighted by atomic mass is 9.98. The van der Waals surface area contributed by atoms with Crippen LogP contribution in [0.3, 0.4) is 0 Å². The number of non-ortho nitro benzene ring substituents is 1. The molecule has 0 amide bonds. The Labute approximate surface area is 144 Å². The molecule has 0 saturated heterocycles. The van der Waals surface area contributed by atoms with Crippen LogP contribution >= 0.6 is 0 Å². The van der Waals surface area contributed by atoms with Gasteiger partial charge in [-0.15, -0.1) is 0 Å². The summed E-state index contributed by atoms with van der Waals surface area (Å²) in [6, 6.07) is 16.7. The Morgan fingerprint density at radius 3 is 2.24 bits per heavy atom. The molecule has 0 N–H and O–H groups in total. The minimum Gasteiger partial charge on any atom is -0.258 e. The highest BCUT2D eigenvalue weighted by Gasteiger charge is 2.12. The Morgan fingerprint density at radius 1 is 0.840 bits per heavy atom. The maximum atomic E-state index is 10.9. The van der Waals surface area contributed by atoms with E-state index in [1.54, 1.807) is 12.1 Å². The first-order valence-electron chi connectivity index (χ1n) is 7.95. The number of hydrogen-bond acceptors (Lipinski definition) is 4. The molecule has 25 heavy (non-hydrogen) atoms. The van der Waals surface area contributed by atoms with Crippen LogP contribution in [0.2, 0.25) is 0 Å². The smallest absolute Gasteiger partial charge is 0.258 e. The van der Waals surface area contributed by atoms with E-state index in [2.05, 4.69) is 4.98 Å². The minimum atomic E-state index is -0.389. The van der Waals surface area contributed by atoms with Gasteiger partial charge in [0.05, 0.1) is 16.0 Å². The Morgan fingerprint density at radius 2 is 1.52 bits per heavy atom. The van der Waals surface area contributed by atoms with Crippen molar-refractivity contribution in [2.45, 2.75) is 13.8 Å². The van der Waals surface area contributed by atoms with Gasteiger partial charge in [0.1, 0.15) is 0 Å². The van der Waals surface area contributed by atoms with Gasteiger partial charge in [0, 0.05) is 34.3 Å². The zero-order valence-corrected chi connectivity index (χ0v) is 13.9. The summed E-state index contributed by atoms with van der Waals surface area (Å²) in [6.45, 7) is 3.91. The highest BCUT2D eigenvalue weighted by Crippen LogP contribution is 2.33. The summed E-state index contributed by atoms with van der Waals surface area (Å²) in [7, 11) is 0. The lowest BCUT2D eigenvalue weighted by Gasteiger charge is -2.10. The number of nitro benzene ring substituents is 1. The van der Waals surface area contributed by atoms with Crippen molar-refractivity contribution in [1.82, 2.24) is 9.97 Å². The Balaban J connectivity index is 2.02. The van der Waals surface area contributed by atoms with Crippen LogP contribution in [0.4, 0.5) is 5.69 Å². The number of rotatable bonds is 2. The number of aryl methyl sites for hydroxylation is 2. The minimum absolute atomic E-state index is 0.0848. The predicted octanol–water partition coefficient (Wildman–Crippen LogP) is 4.98. The molecule has 0 fully saturated rings. The summed E-state index contributed by atoms with van der Waals surface area (Å²) in [5.74, 6) is 0. The Bertz CT molecular complexity index is 1140. The van der Waals surface area contributed by atoms with Crippen molar-refractivity contribution in [2.24, 2.45) is 0 Å². The molecule has 0 atom stereocenters. The average molecular weight is 329 g/mol. The van der Waals surface area contributed by atoms with Crippen LogP contribution in [0.15, 0.2) is 54.6 Å². The number of nitrogens with zero attached hydrogens (tertiary/aromatic N) is 3. The van der Waals surface area contributed by atoms with Crippen molar-refractivity contribution in [3.05, 3.63) is 76.1 Å². The van der Waals surface area contributed by atoms with Gasteiger partial charge in [0.25, 0.3) is 5.69 Å². The standard InChI is InChI=1S/C20H15N3O2/c1-12-3-4-15-7-10-17-18(11-13(2)22-20(17)19(15)21-12)14-5-8-16(9-6-14)23(24)25/h3-11H,1-2H3. The molecular weight excluding hydrogens is 314 g/mol. The van der Waals surface area contributed by atoms with Crippen LogP contribution in [0.1, 0.15) is 11.4 Å². The van der Waals surface area contributed by atoms with Gasteiger partial charge in [-0.25, -0.2) is 0 Å². The lowest BCUT2D eigenvalue weighted by molar-refractivity contribution is -0.384. The van der Waals surface area contributed by atoms with Crippen molar-refractivity contribution in [1.29, 1.82) is 0 Å². The zero-order valence-electron chi connectivity index (χ0n) is 13.9. The third kappa shape index (κ3) is 2.59. The number of fused-ring (bicyclic) bond motifs is 3. The molecule has 0 aliphatic carbocycles. The van der Waals surface area contributed by atoms with Crippen LogP contribution in [0.5, 0.6) is 0 Å². The van der Waals surface area contributed by atoms with Crippen molar-refractivity contribution < 1.29 is 4.92 Å². The zero-order chi connectivity index (χ0) is 17.6. The third-order valence-corrected chi connectivity index (χ3v) is 4.30. The van der Waals surface area contributed by atoms with Crippen molar-refractivity contribution in [3.63, 3.8) is 0 Å². The van der Waals surface area contributed by atoms with E-state index in [1.807, 2.05) is 44.2 Å². The fourth-order valence-corrected chi connectivity index (χ4v) is 3.10. The maximum Gasteiger partial charge on any atom is 0.269 e. The van der Waals surface area contributed by atoms with Crippen molar-refractivity contribution in [2.75, 3.05) is 0 Å². The molecule has 0 bridgehead atoms. The first-order valence-corrected chi connectivity index (χ1v) is 7.95. The van der Waals surface area contributed by atoms with E-state index >= 15 is 0 Å². The predicted molar refractivity (Wildman–Crippen MR) is 98.6 cm³/mol. The number of nitro groups is 1. The quantitative estimate of drug-likeness (QED) is 0.295. The van der Waals surface area contributed by atoms with Crippen LogP contribution in [-0.2, 0) is 0 Å². The summed E-state index contributed by atoms with van der Waals surface area (Å²) in [5.41, 5.74) is 5.58. The molecule has 0 radical (unpaired) electrons. The normalized spacial score (nSPS) is 11.1. The second kappa shape index (κ2) is 5.63. The number of hydrogen-bond donors (Lipinski definition) is 0. The van der Waals surface area contributed by atoms with E-state index < -0.39 is 0 Å². The molecule has 122 valence electrons. The van der Waals surface area contributed by atoms with Gasteiger partial charge in [-0.1, -0.05) is 18.2 Å². The van der Waals surface area contributed by atoms with E-state index in [9.17, 15) is 10.1 Å². The molecule has 0 saturated carbocycles. The van der Waals surface area contributed by atoms with Crippen LogP contribution < -0.4 is 0 Å². The molecule has 5 nitrogen and oxygen atoms in total. The van der Waals surface area contributed by atoms with Gasteiger partial charge in [0.2, 0.25) is 0 Å². The van der Waals surface area contributed by atoms with Gasteiger partial charge >= 0.3 is 0 Å². The Kier molecular flexibility index (Phi) is 3.42. The summed E-state index contributed by atoms with van der Waals surface area (Å²) < 4.78 is 0. The van der Waals surface area contributed by atoms with E-state index in [4.69, 9.17) is 4.98 Å². The molecule has 0 spiro atoms. The van der Waals surface area contributed by atoms with Gasteiger partial charge in [0.15, 0.2) is 0 Å². The summed E-state index contributed by atoms with van der Waals surface area (Å²) >= 11 is 0. The van der Waals surface area contributed by atoms with E-state index in [0.717, 1.165) is 44.3 Å². The van der Waals surface area contributed by atoms with Crippen LogP contribution in [-0.4, -0.2) is 14.9 Å². The average Bonchev–Trinajstić information content (AvgIpc) is 2.61. The first kappa shape index (κ1) is 15.2. The van der Waals surface area contributed by atoms with Crippen LogP contribution in [0.25, 0.3) is 32.9 Å². The topological polar surface area (TPSA) is 68.9 Å². The number of benzene rings is 2. The summed E-state index contributed by atoms with van der Waals surface area (Å²) in [5, 5.41) is 12.9. The number of aromatic nitrogens is 2. The van der Waals surface area contributed by atoms with E-state index in [-0.39, 0.29) is 10.6 Å². The molecule has 4 aromatic rings. The molecule has 2 aromatic heterocycles. The lowest BCUT2D eigenvalue weighted by Crippen LogP contribution is -1.93. The summed E-state index contributed by atoms with van der Waals surface area (Å²) in [4.78, 5) is 19.9. The highest BCUT2D eigenvalue weighted by atomic mass is 16.6.